The third-order valence-corrected chi connectivity index (χ3v) is 5.21. The highest BCUT2D eigenvalue weighted by Crippen LogP contribution is 2.33. The molecule has 1 saturated carbocycles. The van der Waals surface area contributed by atoms with Crippen molar-refractivity contribution in [3.05, 3.63) is 24.3 Å². The molecule has 0 aromatic heterocycles. The van der Waals surface area contributed by atoms with E-state index in [-0.39, 0.29) is 11.3 Å². The van der Waals surface area contributed by atoms with Crippen LogP contribution in [-0.4, -0.2) is 33.3 Å². The lowest BCUT2D eigenvalue weighted by Gasteiger charge is -2.23. The van der Waals surface area contributed by atoms with Gasteiger partial charge in [0.1, 0.15) is 0 Å². The van der Waals surface area contributed by atoms with E-state index in [1.807, 2.05) is 19.2 Å². The minimum atomic E-state index is -3.11. The Labute approximate surface area is 109 Å². The first-order valence-electron chi connectivity index (χ1n) is 6.19. The van der Waals surface area contributed by atoms with Gasteiger partial charge >= 0.3 is 0 Å². The van der Waals surface area contributed by atoms with E-state index in [0.717, 1.165) is 25.1 Å². The molecular formula is C13H20N2O2S. The maximum atomic E-state index is 11.7. The van der Waals surface area contributed by atoms with Crippen LogP contribution in [0.3, 0.4) is 0 Å². The predicted molar refractivity (Wildman–Crippen MR) is 73.6 cm³/mol. The Balaban J connectivity index is 2.12. The van der Waals surface area contributed by atoms with Crippen LogP contribution in [0.4, 0.5) is 5.69 Å². The van der Waals surface area contributed by atoms with Crippen LogP contribution in [0.15, 0.2) is 29.2 Å². The Morgan fingerprint density at radius 3 is 2.28 bits per heavy atom. The molecule has 1 aliphatic rings. The van der Waals surface area contributed by atoms with Crippen molar-refractivity contribution in [3.8, 4) is 0 Å². The molecule has 2 rings (SSSR count). The van der Waals surface area contributed by atoms with Crippen molar-refractivity contribution in [2.75, 3.05) is 24.2 Å². The Hall–Kier alpha value is -1.07. The first kappa shape index (κ1) is 13.4. The number of nitrogens with zero attached hydrogens (tertiary/aromatic N) is 1. The van der Waals surface area contributed by atoms with E-state index in [2.05, 4.69) is 4.90 Å². The van der Waals surface area contributed by atoms with Crippen molar-refractivity contribution in [1.82, 2.24) is 0 Å². The fourth-order valence-electron chi connectivity index (χ4n) is 1.96. The lowest BCUT2D eigenvalue weighted by Crippen LogP contribution is -2.37. The van der Waals surface area contributed by atoms with Gasteiger partial charge in [-0.3, -0.25) is 0 Å². The molecule has 0 aliphatic heterocycles. The van der Waals surface area contributed by atoms with Crippen molar-refractivity contribution in [3.63, 3.8) is 0 Å². The first-order chi connectivity index (χ1) is 8.36. The van der Waals surface area contributed by atoms with Crippen molar-refractivity contribution >= 4 is 15.5 Å². The Morgan fingerprint density at radius 1 is 1.28 bits per heavy atom. The number of hydrogen-bond donors (Lipinski definition) is 1. The smallest absolute Gasteiger partial charge is 0.178 e. The maximum absolute atomic E-state index is 11.7. The van der Waals surface area contributed by atoms with Crippen LogP contribution in [0.1, 0.15) is 19.8 Å². The molecule has 0 bridgehead atoms. The van der Waals surface area contributed by atoms with Gasteiger partial charge in [-0.25, -0.2) is 8.42 Å². The summed E-state index contributed by atoms with van der Waals surface area (Å²) in [5.41, 5.74) is 7.03. The van der Waals surface area contributed by atoms with E-state index in [9.17, 15) is 8.42 Å². The Bertz CT molecular complexity index is 518. The van der Waals surface area contributed by atoms with Crippen LogP contribution in [0.5, 0.6) is 0 Å². The predicted octanol–water partition coefficient (Wildman–Crippen LogP) is 1.41. The second-order valence-electron chi connectivity index (χ2n) is 5.12. The van der Waals surface area contributed by atoms with Gasteiger partial charge in [0.15, 0.2) is 9.84 Å². The molecule has 0 atom stereocenters. The summed E-state index contributed by atoms with van der Waals surface area (Å²) in [6, 6.07) is 7.02. The van der Waals surface area contributed by atoms with Gasteiger partial charge in [-0.2, -0.15) is 0 Å². The average Bonchev–Trinajstić information content (AvgIpc) is 3.07. The van der Waals surface area contributed by atoms with E-state index in [1.54, 1.807) is 19.1 Å². The molecule has 4 nitrogen and oxygen atoms in total. The zero-order valence-electron chi connectivity index (χ0n) is 10.9. The molecule has 5 heteroatoms. The number of anilines is 1. The fourth-order valence-corrected chi connectivity index (χ4v) is 2.84. The molecule has 2 N–H and O–H groups in total. The molecule has 0 radical (unpaired) electrons. The second-order valence-corrected chi connectivity index (χ2v) is 7.39. The van der Waals surface area contributed by atoms with Gasteiger partial charge in [-0.05, 0) is 37.1 Å². The Kier molecular flexibility index (Phi) is 3.38. The standard InChI is InChI=1S/C13H20N2O2S/c1-3-18(16,17)12-6-4-11(5-7-12)15(2)10-13(14)8-9-13/h4-7H,3,8-10,14H2,1-2H3. The van der Waals surface area contributed by atoms with Crippen LogP contribution in [0, 0.1) is 0 Å². The molecule has 1 aromatic rings. The van der Waals surface area contributed by atoms with Gasteiger partial charge in [-0.1, -0.05) is 6.92 Å². The van der Waals surface area contributed by atoms with E-state index >= 15 is 0 Å². The minimum Gasteiger partial charge on any atom is -0.373 e. The monoisotopic (exact) mass is 268 g/mol. The van der Waals surface area contributed by atoms with Crippen molar-refractivity contribution in [2.45, 2.75) is 30.2 Å². The van der Waals surface area contributed by atoms with Crippen LogP contribution in [0.25, 0.3) is 0 Å². The number of likely N-dealkylation sites (N-methyl/N-ethyl adjacent to an activating group) is 1. The van der Waals surface area contributed by atoms with E-state index in [1.165, 1.54) is 0 Å². The summed E-state index contributed by atoms with van der Waals surface area (Å²) in [6.07, 6.45) is 2.14. The quantitative estimate of drug-likeness (QED) is 0.877. The third-order valence-electron chi connectivity index (χ3n) is 3.46. The highest BCUT2D eigenvalue weighted by molar-refractivity contribution is 7.91. The van der Waals surface area contributed by atoms with Crippen LogP contribution in [0.2, 0.25) is 0 Å². The zero-order chi connectivity index (χ0) is 13.4. The number of nitrogens with two attached hydrogens (primary N) is 1. The molecular weight excluding hydrogens is 248 g/mol. The SMILES string of the molecule is CCS(=O)(=O)c1ccc(N(C)CC2(N)CC2)cc1. The van der Waals surface area contributed by atoms with Gasteiger partial charge in [0.25, 0.3) is 0 Å². The summed E-state index contributed by atoms with van der Waals surface area (Å²) in [6.45, 7) is 2.47. The molecule has 18 heavy (non-hydrogen) atoms. The van der Waals surface area contributed by atoms with Crippen LogP contribution >= 0.6 is 0 Å². The summed E-state index contributed by atoms with van der Waals surface area (Å²) >= 11 is 0. The number of sulfone groups is 1. The van der Waals surface area contributed by atoms with Gasteiger partial charge in [-0.15, -0.1) is 0 Å². The van der Waals surface area contributed by atoms with E-state index in [4.69, 9.17) is 5.73 Å². The maximum Gasteiger partial charge on any atom is 0.178 e. The van der Waals surface area contributed by atoms with Crippen LogP contribution < -0.4 is 10.6 Å². The van der Waals surface area contributed by atoms with Gasteiger partial charge in [0, 0.05) is 24.8 Å². The summed E-state index contributed by atoms with van der Waals surface area (Å²) in [4.78, 5) is 2.46. The molecule has 100 valence electrons. The molecule has 0 spiro atoms. The van der Waals surface area contributed by atoms with Gasteiger partial charge in [0.05, 0.1) is 10.6 Å². The Morgan fingerprint density at radius 2 is 1.83 bits per heavy atom. The molecule has 0 amide bonds. The van der Waals surface area contributed by atoms with Crippen LogP contribution in [-0.2, 0) is 9.84 Å². The molecule has 1 aliphatic carbocycles. The highest BCUT2D eigenvalue weighted by Gasteiger charge is 2.39. The van der Waals surface area contributed by atoms with Gasteiger partial charge < -0.3 is 10.6 Å². The average molecular weight is 268 g/mol. The first-order valence-corrected chi connectivity index (χ1v) is 7.84. The largest absolute Gasteiger partial charge is 0.373 e. The lowest BCUT2D eigenvalue weighted by molar-refractivity contribution is 0.597. The van der Waals surface area contributed by atoms with E-state index < -0.39 is 9.84 Å². The zero-order valence-corrected chi connectivity index (χ0v) is 11.7. The number of rotatable bonds is 5. The molecule has 1 fully saturated rings. The normalized spacial score (nSPS) is 17.5. The summed E-state index contributed by atoms with van der Waals surface area (Å²) in [5.74, 6) is 0.133. The van der Waals surface area contributed by atoms with Crippen molar-refractivity contribution in [1.29, 1.82) is 0 Å². The van der Waals surface area contributed by atoms with Gasteiger partial charge in [0.2, 0.25) is 0 Å². The number of hydrogen-bond acceptors (Lipinski definition) is 4. The minimum absolute atomic E-state index is 0.0388. The topological polar surface area (TPSA) is 63.4 Å². The summed E-state index contributed by atoms with van der Waals surface area (Å²) < 4.78 is 23.4. The summed E-state index contributed by atoms with van der Waals surface area (Å²) in [7, 11) is -1.12. The van der Waals surface area contributed by atoms with Crippen molar-refractivity contribution in [2.24, 2.45) is 5.73 Å². The molecule has 0 heterocycles. The molecule has 1 aromatic carbocycles. The molecule has 0 saturated heterocycles. The van der Waals surface area contributed by atoms with Crippen molar-refractivity contribution < 1.29 is 8.42 Å². The fraction of sp³-hybridized carbons (Fsp3) is 0.538. The molecule has 0 unspecified atom stereocenters. The summed E-state index contributed by atoms with van der Waals surface area (Å²) in [5, 5.41) is 0. The second kappa shape index (κ2) is 4.55. The van der Waals surface area contributed by atoms with E-state index in [0.29, 0.717) is 4.90 Å². The number of benzene rings is 1. The third kappa shape index (κ3) is 2.84. The highest BCUT2D eigenvalue weighted by atomic mass is 32.2. The lowest BCUT2D eigenvalue weighted by atomic mass is 10.2.